The van der Waals surface area contributed by atoms with Gasteiger partial charge in [-0.1, -0.05) is 6.92 Å². The van der Waals surface area contributed by atoms with Crippen molar-refractivity contribution in [3.05, 3.63) is 33.9 Å². The average molecular weight is 180 g/mol. The number of hydrogen-bond acceptors (Lipinski definition) is 3. The van der Waals surface area contributed by atoms with Crippen molar-refractivity contribution >= 4 is 0 Å². The van der Waals surface area contributed by atoms with Crippen LogP contribution < -0.4 is 5.63 Å². The van der Waals surface area contributed by atoms with Crippen molar-refractivity contribution in [3.8, 4) is 0 Å². The third-order valence-electron chi connectivity index (χ3n) is 2.35. The molecule has 1 aromatic rings. The summed E-state index contributed by atoms with van der Waals surface area (Å²) in [7, 11) is 0. The van der Waals surface area contributed by atoms with E-state index in [-0.39, 0.29) is 11.7 Å². The van der Waals surface area contributed by atoms with Gasteiger partial charge < -0.3 is 9.15 Å². The quantitative estimate of drug-likeness (QED) is 0.652. The molecule has 0 aromatic carbocycles. The minimum atomic E-state index is -0.296. The number of epoxide rings is 1. The van der Waals surface area contributed by atoms with Gasteiger partial charge in [0.05, 0.1) is 6.10 Å². The molecule has 3 heteroatoms. The van der Waals surface area contributed by atoms with E-state index in [0.717, 1.165) is 12.0 Å². The zero-order valence-corrected chi connectivity index (χ0v) is 7.74. The Bertz CT molecular complexity index is 367. The monoisotopic (exact) mass is 180 g/mol. The Morgan fingerprint density at radius 1 is 1.46 bits per heavy atom. The zero-order valence-electron chi connectivity index (χ0n) is 7.74. The summed E-state index contributed by atoms with van der Waals surface area (Å²) in [5, 5.41) is 0. The fourth-order valence-electron chi connectivity index (χ4n) is 1.54. The topological polar surface area (TPSA) is 42.7 Å². The van der Waals surface area contributed by atoms with E-state index >= 15 is 0 Å². The van der Waals surface area contributed by atoms with E-state index in [1.165, 1.54) is 6.07 Å². The molecule has 2 rings (SSSR count). The summed E-state index contributed by atoms with van der Waals surface area (Å²) in [6.07, 6.45) is 1.46. The maximum Gasteiger partial charge on any atom is 0.335 e. The maximum atomic E-state index is 10.8. The maximum absolute atomic E-state index is 10.8. The summed E-state index contributed by atoms with van der Waals surface area (Å²) >= 11 is 0. The highest BCUT2D eigenvalue weighted by atomic mass is 16.6. The number of aryl methyl sites for hydroxylation is 1. The molecule has 0 saturated carbocycles. The smallest absolute Gasteiger partial charge is 0.335 e. The second-order valence-electron chi connectivity index (χ2n) is 3.27. The molecule has 1 aliphatic rings. The van der Waals surface area contributed by atoms with Crippen molar-refractivity contribution in [2.24, 2.45) is 0 Å². The van der Waals surface area contributed by atoms with Crippen LogP contribution in [0.15, 0.2) is 21.3 Å². The van der Waals surface area contributed by atoms with E-state index in [9.17, 15) is 4.79 Å². The summed E-state index contributed by atoms with van der Waals surface area (Å²) in [6.45, 7) is 3.88. The standard InChI is InChI=1S/C10H12O3/c1-3-8-10(13-8)7-4-5-9(11)12-6(7)2/h4-5,8,10H,3H2,1-2H3/t8-,10-/m1/s1. The van der Waals surface area contributed by atoms with Crippen LogP contribution in [-0.2, 0) is 4.74 Å². The molecule has 2 heterocycles. The van der Waals surface area contributed by atoms with Crippen LogP contribution in [0.4, 0.5) is 0 Å². The van der Waals surface area contributed by atoms with E-state index < -0.39 is 0 Å². The van der Waals surface area contributed by atoms with Gasteiger partial charge in [0.2, 0.25) is 0 Å². The molecular formula is C10H12O3. The zero-order chi connectivity index (χ0) is 9.42. The Hall–Kier alpha value is -1.09. The van der Waals surface area contributed by atoms with E-state index in [4.69, 9.17) is 9.15 Å². The van der Waals surface area contributed by atoms with Crippen LogP contribution >= 0.6 is 0 Å². The lowest BCUT2D eigenvalue weighted by Gasteiger charge is -1.98. The van der Waals surface area contributed by atoms with Crippen molar-refractivity contribution in [2.75, 3.05) is 0 Å². The highest BCUT2D eigenvalue weighted by Gasteiger charge is 2.39. The third kappa shape index (κ3) is 1.52. The fraction of sp³-hybridized carbons (Fsp3) is 0.500. The van der Waals surface area contributed by atoms with Gasteiger partial charge in [-0.2, -0.15) is 0 Å². The molecule has 0 unspecified atom stereocenters. The molecule has 70 valence electrons. The molecule has 0 aliphatic carbocycles. The Morgan fingerprint density at radius 3 is 2.77 bits per heavy atom. The van der Waals surface area contributed by atoms with E-state index in [0.29, 0.717) is 11.9 Å². The van der Waals surface area contributed by atoms with Crippen LogP contribution in [0.1, 0.15) is 30.8 Å². The van der Waals surface area contributed by atoms with Gasteiger partial charge in [0.1, 0.15) is 11.9 Å². The first-order valence-electron chi connectivity index (χ1n) is 4.48. The van der Waals surface area contributed by atoms with Gasteiger partial charge in [0, 0.05) is 11.6 Å². The molecule has 2 atom stereocenters. The molecule has 0 radical (unpaired) electrons. The molecule has 0 spiro atoms. The third-order valence-corrected chi connectivity index (χ3v) is 2.35. The SMILES string of the molecule is CC[C@H]1O[C@@H]1c1ccc(=O)oc1C. The van der Waals surface area contributed by atoms with Gasteiger partial charge in [-0.3, -0.25) is 0 Å². The fourth-order valence-corrected chi connectivity index (χ4v) is 1.54. The van der Waals surface area contributed by atoms with Gasteiger partial charge >= 0.3 is 5.63 Å². The first kappa shape index (κ1) is 8.51. The molecule has 1 fully saturated rings. The molecule has 0 N–H and O–H groups in total. The van der Waals surface area contributed by atoms with Gasteiger partial charge in [0.15, 0.2) is 0 Å². The van der Waals surface area contributed by atoms with Gasteiger partial charge in [-0.15, -0.1) is 0 Å². The normalized spacial score (nSPS) is 26.0. The summed E-state index contributed by atoms with van der Waals surface area (Å²) in [6, 6.07) is 3.23. The lowest BCUT2D eigenvalue weighted by atomic mass is 10.1. The van der Waals surface area contributed by atoms with Crippen molar-refractivity contribution < 1.29 is 9.15 Å². The largest absolute Gasteiger partial charge is 0.428 e. The first-order chi connectivity index (χ1) is 6.22. The molecule has 0 bridgehead atoms. The second kappa shape index (κ2) is 3.00. The average Bonchev–Trinajstić information content (AvgIpc) is 2.83. The second-order valence-corrected chi connectivity index (χ2v) is 3.27. The Morgan fingerprint density at radius 2 is 2.23 bits per heavy atom. The van der Waals surface area contributed by atoms with E-state index in [1.807, 2.05) is 0 Å². The van der Waals surface area contributed by atoms with Crippen LogP contribution in [0.2, 0.25) is 0 Å². The molecule has 3 nitrogen and oxygen atoms in total. The van der Waals surface area contributed by atoms with Crippen molar-refractivity contribution in [3.63, 3.8) is 0 Å². The summed E-state index contributed by atoms with van der Waals surface area (Å²) in [5.74, 6) is 0.674. The van der Waals surface area contributed by atoms with Crippen molar-refractivity contribution in [2.45, 2.75) is 32.5 Å². The van der Waals surface area contributed by atoms with Gasteiger partial charge in [0.25, 0.3) is 0 Å². The highest BCUT2D eigenvalue weighted by Crippen LogP contribution is 2.41. The minimum Gasteiger partial charge on any atom is -0.428 e. The predicted octanol–water partition coefficient (Wildman–Crippen LogP) is 1.80. The lowest BCUT2D eigenvalue weighted by molar-refractivity contribution is 0.364. The lowest BCUT2D eigenvalue weighted by Crippen LogP contribution is -2.00. The molecule has 13 heavy (non-hydrogen) atoms. The van der Waals surface area contributed by atoms with Gasteiger partial charge in [-0.25, -0.2) is 4.79 Å². The number of rotatable bonds is 2. The van der Waals surface area contributed by atoms with Crippen molar-refractivity contribution in [1.82, 2.24) is 0 Å². The number of ether oxygens (including phenoxy) is 1. The first-order valence-corrected chi connectivity index (χ1v) is 4.48. The summed E-state index contributed by atoms with van der Waals surface area (Å²) in [5.41, 5.74) is 0.710. The Balaban J connectivity index is 2.27. The van der Waals surface area contributed by atoms with E-state index in [1.54, 1.807) is 13.0 Å². The molecule has 1 saturated heterocycles. The highest BCUT2D eigenvalue weighted by molar-refractivity contribution is 5.23. The Kier molecular flexibility index (Phi) is 1.96. The summed E-state index contributed by atoms with van der Waals surface area (Å²) in [4.78, 5) is 10.8. The van der Waals surface area contributed by atoms with Crippen LogP contribution in [0, 0.1) is 6.92 Å². The van der Waals surface area contributed by atoms with E-state index in [2.05, 4.69) is 6.92 Å². The van der Waals surface area contributed by atoms with Crippen LogP contribution in [0.25, 0.3) is 0 Å². The predicted molar refractivity (Wildman–Crippen MR) is 47.6 cm³/mol. The van der Waals surface area contributed by atoms with Crippen LogP contribution in [0.3, 0.4) is 0 Å². The molecule has 0 amide bonds. The van der Waals surface area contributed by atoms with Crippen molar-refractivity contribution in [1.29, 1.82) is 0 Å². The van der Waals surface area contributed by atoms with Crippen LogP contribution in [-0.4, -0.2) is 6.10 Å². The molecule has 1 aromatic heterocycles. The molecule has 1 aliphatic heterocycles. The number of hydrogen-bond donors (Lipinski definition) is 0. The minimum absolute atomic E-state index is 0.148. The Labute approximate surface area is 76.3 Å². The van der Waals surface area contributed by atoms with Gasteiger partial charge in [-0.05, 0) is 19.4 Å². The molecular weight excluding hydrogens is 168 g/mol. The summed E-state index contributed by atoms with van der Waals surface area (Å²) < 4.78 is 10.4. The van der Waals surface area contributed by atoms with Crippen LogP contribution in [0.5, 0.6) is 0 Å².